The van der Waals surface area contributed by atoms with Crippen LogP contribution in [-0.2, 0) is 6.42 Å². The zero-order chi connectivity index (χ0) is 14.4. The normalized spacial score (nSPS) is 11.7. The summed E-state index contributed by atoms with van der Waals surface area (Å²) in [5.74, 6) is 0.408. The van der Waals surface area contributed by atoms with Crippen molar-refractivity contribution in [3.05, 3.63) is 65.2 Å². The number of hydrogen-bond donors (Lipinski definition) is 1. The third kappa shape index (κ3) is 2.98. The van der Waals surface area contributed by atoms with Crippen LogP contribution in [0.2, 0.25) is 0 Å². The van der Waals surface area contributed by atoms with Crippen molar-refractivity contribution >= 4 is 0 Å². The Labute approximate surface area is 119 Å². The largest absolute Gasteiger partial charge is 0.497 e. The van der Waals surface area contributed by atoms with E-state index in [1.54, 1.807) is 7.11 Å². The summed E-state index contributed by atoms with van der Waals surface area (Å²) in [4.78, 5) is 0. The summed E-state index contributed by atoms with van der Waals surface area (Å²) in [6, 6.07) is 17.7. The van der Waals surface area contributed by atoms with E-state index in [2.05, 4.69) is 6.07 Å². The molecule has 2 aromatic carbocycles. The Kier molecular flexibility index (Phi) is 4.75. The summed E-state index contributed by atoms with van der Waals surface area (Å²) in [6.07, 6.45) is 0.511. The molecular formula is C17H17NO2. The van der Waals surface area contributed by atoms with Gasteiger partial charge in [-0.15, -0.1) is 0 Å². The van der Waals surface area contributed by atoms with Crippen LogP contribution in [0.1, 0.15) is 22.6 Å². The van der Waals surface area contributed by atoms with Crippen molar-refractivity contribution in [1.82, 2.24) is 0 Å². The van der Waals surface area contributed by atoms with Crippen LogP contribution in [0.3, 0.4) is 0 Å². The smallest absolute Gasteiger partial charge is 0.119 e. The number of benzene rings is 2. The Bertz CT molecular complexity index is 602. The molecule has 0 amide bonds. The summed E-state index contributed by atoms with van der Waals surface area (Å²) in [6.45, 7) is 0.0487. The Hall–Kier alpha value is -2.31. The van der Waals surface area contributed by atoms with E-state index in [1.165, 1.54) is 0 Å². The second kappa shape index (κ2) is 6.74. The van der Waals surface area contributed by atoms with Gasteiger partial charge in [-0.3, -0.25) is 0 Å². The number of nitrogens with zero attached hydrogens (tertiary/aromatic N) is 1. The number of aliphatic hydroxyl groups is 1. The van der Waals surface area contributed by atoms with E-state index >= 15 is 0 Å². The Morgan fingerprint density at radius 2 is 1.95 bits per heavy atom. The maximum atomic E-state index is 9.51. The second-order valence-electron chi connectivity index (χ2n) is 4.51. The minimum Gasteiger partial charge on any atom is -0.497 e. The van der Waals surface area contributed by atoms with Gasteiger partial charge in [0.15, 0.2) is 0 Å². The van der Waals surface area contributed by atoms with Crippen molar-refractivity contribution in [3.63, 3.8) is 0 Å². The Balaban J connectivity index is 2.47. The molecule has 2 rings (SSSR count). The van der Waals surface area contributed by atoms with Crippen LogP contribution in [-0.4, -0.2) is 18.8 Å². The SMILES string of the molecule is COc1ccc(C(C#N)c2ccccc2)c(CCO)c1. The van der Waals surface area contributed by atoms with Crippen LogP contribution in [0.5, 0.6) is 5.75 Å². The lowest BCUT2D eigenvalue weighted by Gasteiger charge is -2.15. The number of nitriles is 1. The minimum atomic E-state index is -0.330. The van der Waals surface area contributed by atoms with E-state index in [4.69, 9.17) is 4.74 Å². The molecule has 1 atom stereocenters. The Morgan fingerprint density at radius 3 is 2.55 bits per heavy atom. The molecule has 0 saturated heterocycles. The lowest BCUT2D eigenvalue weighted by molar-refractivity contribution is 0.299. The van der Waals surface area contributed by atoms with Gasteiger partial charge in [-0.25, -0.2) is 0 Å². The van der Waals surface area contributed by atoms with Crippen LogP contribution < -0.4 is 4.74 Å². The quantitative estimate of drug-likeness (QED) is 0.906. The lowest BCUT2D eigenvalue weighted by Crippen LogP contribution is -2.05. The van der Waals surface area contributed by atoms with E-state index < -0.39 is 0 Å². The first-order valence-corrected chi connectivity index (χ1v) is 6.52. The van der Waals surface area contributed by atoms with Gasteiger partial charge < -0.3 is 9.84 Å². The molecular weight excluding hydrogens is 250 g/mol. The summed E-state index contributed by atoms with van der Waals surface area (Å²) in [7, 11) is 1.61. The number of ether oxygens (including phenoxy) is 1. The molecule has 1 unspecified atom stereocenters. The van der Waals surface area contributed by atoms with Crippen LogP contribution in [0.25, 0.3) is 0 Å². The summed E-state index contributed by atoms with van der Waals surface area (Å²) in [5.41, 5.74) is 2.83. The average molecular weight is 267 g/mol. The minimum absolute atomic E-state index is 0.0487. The van der Waals surface area contributed by atoms with E-state index in [9.17, 15) is 10.4 Å². The van der Waals surface area contributed by atoms with Gasteiger partial charge >= 0.3 is 0 Å². The van der Waals surface area contributed by atoms with Crippen LogP contribution in [0, 0.1) is 11.3 Å². The molecule has 20 heavy (non-hydrogen) atoms. The van der Waals surface area contributed by atoms with Crippen molar-refractivity contribution in [2.75, 3.05) is 13.7 Å². The van der Waals surface area contributed by atoms with Crippen molar-refractivity contribution in [2.45, 2.75) is 12.3 Å². The topological polar surface area (TPSA) is 53.2 Å². The molecule has 0 aliphatic heterocycles. The van der Waals surface area contributed by atoms with Crippen molar-refractivity contribution < 1.29 is 9.84 Å². The van der Waals surface area contributed by atoms with E-state index in [1.807, 2.05) is 48.5 Å². The summed E-state index contributed by atoms with van der Waals surface area (Å²) in [5, 5.41) is 18.7. The zero-order valence-corrected chi connectivity index (χ0v) is 11.4. The number of rotatable bonds is 5. The van der Waals surface area contributed by atoms with E-state index in [0.29, 0.717) is 6.42 Å². The third-order valence-electron chi connectivity index (χ3n) is 3.30. The van der Waals surface area contributed by atoms with Crippen LogP contribution in [0.4, 0.5) is 0 Å². The zero-order valence-electron chi connectivity index (χ0n) is 11.4. The fourth-order valence-electron chi connectivity index (χ4n) is 2.30. The molecule has 0 aliphatic carbocycles. The maximum absolute atomic E-state index is 9.51. The molecule has 0 aliphatic rings. The predicted molar refractivity (Wildman–Crippen MR) is 77.7 cm³/mol. The highest BCUT2D eigenvalue weighted by Crippen LogP contribution is 2.29. The molecule has 0 aromatic heterocycles. The van der Waals surface area contributed by atoms with Gasteiger partial charge in [0.25, 0.3) is 0 Å². The number of methoxy groups -OCH3 is 1. The highest BCUT2D eigenvalue weighted by atomic mass is 16.5. The highest BCUT2D eigenvalue weighted by molar-refractivity contribution is 5.45. The van der Waals surface area contributed by atoms with Crippen molar-refractivity contribution in [1.29, 1.82) is 5.26 Å². The highest BCUT2D eigenvalue weighted by Gasteiger charge is 2.17. The number of hydrogen-bond acceptors (Lipinski definition) is 3. The van der Waals surface area contributed by atoms with Crippen molar-refractivity contribution in [2.24, 2.45) is 0 Å². The van der Waals surface area contributed by atoms with Gasteiger partial charge in [-0.2, -0.15) is 5.26 Å². The van der Waals surface area contributed by atoms with Crippen molar-refractivity contribution in [3.8, 4) is 11.8 Å². The monoisotopic (exact) mass is 267 g/mol. The van der Waals surface area contributed by atoms with Crippen LogP contribution in [0.15, 0.2) is 48.5 Å². The van der Waals surface area contributed by atoms with Crippen LogP contribution >= 0.6 is 0 Å². The molecule has 0 fully saturated rings. The van der Waals surface area contributed by atoms with Gasteiger partial charge in [-0.05, 0) is 35.2 Å². The van der Waals surface area contributed by atoms with Gasteiger partial charge in [0.2, 0.25) is 0 Å². The first-order valence-electron chi connectivity index (χ1n) is 6.52. The second-order valence-corrected chi connectivity index (χ2v) is 4.51. The molecule has 3 nitrogen and oxygen atoms in total. The summed E-state index contributed by atoms with van der Waals surface area (Å²) < 4.78 is 5.21. The Morgan fingerprint density at radius 1 is 1.20 bits per heavy atom. The molecule has 102 valence electrons. The number of aliphatic hydroxyl groups excluding tert-OH is 1. The average Bonchev–Trinajstić information content (AvgIpc) is 2.50. The van der Waals surface area contributed by atoms with Gasteiger partial charge in [0.1, 0.15) is 5.75 Å². The standard InChI is InChI=1S/C17H17NO2/c1-20-15-7-8-16(14(11-15)9-10-19)17(12-18)13-5-3-2-4-6-13/h2-8,11,17,19H,9-10H2,1H3. The first-order chi connectivity index (χ1) is 9.80. The molecule has 1 N–H and O–H groups in total. The molecule has 0 bridgehead atoms. The third-order valence-corrected chi connectivity index (χ3v) is 3.30. The molecule has 0 saturated carbocycles. The molecule has 3 heteroatoms. The fourth-order valence-corrected chi connectivity index (χ4v) is 2.30. The van der Waals surface area contributed by atoms with E-state index in [-0.39, 0.29) is 12.5 Å². The molecule has 0 spiro atoms. The predicted octanol–water partition coefficient (Wildman–Crippen LogP) is 2.89. The van der Waals surface area contributed by atoms with Gasteiger partial charge in [0, 0.05) is 6.61 Å². The maximum Gasteiger partial charge on any atom is 0.119 e. The molecule has 2 aromatic rings. The van der Waals surface area contributed by atoms with Gasteiger partial charge in [-0.1, -0.05) is 36.4 Å². The molecule has 0 heterocycles. The fraction of sp³-hybridized carbons (Fsp3) is 0.235. The first kappa shape index (κ1) is 14.1. The molecule has 0 radical (unpaired) electrons. The van der Waals surface area contributed by atoms with E-state index in [0.717, 1.165) is 22.4 Å². The summed E-state index contributed by atoms with van der Waals surface area (Å²) >= 11 is 0. The lowest BCUT2D eigenvalue weighted by atomic mass is 9.88. The van der Waals surface area contributed by atoms with Gasteiger partial charge in [0.05, 0.1) is 19.1 Å².